The summed E-state index contributed by atoms with van der Waals surface area (Å²) in [6.45, 7) is 6.69. The van der Waals surface area contributed by atoms with Gasteiger partial charge < -0.3 is 15.0 Å². The number of benzene rings is 1. The maximum absolute atomic E-state index is 5.48. The Morgan fingerprint density at radius 2 is 2.00 bits per heavy atom. The summed E-state index contributed by atoms with van der Waals surface area (Å²) < 4.78 is 5.48. The molecule has 0 aromatic heterocycles. The summed E-state index contributed by atoms with van der Waals surface area (Å²) in [6, 6.07) is 8.70. The molecule has 1 atom stereocenters. The van der Waals surface area contributed by atoms with Crippen LogP contribution in [0.4, 0.5) is 0 Å². The number of hydrogen-bond acceptors (Lipinski definition) is 3. The SMILES string of the molecule is CCNC(CN1CCCC1)c1ccccc1OC. The highest BCUT2D eigenvalue weighted by Gasteiger charge is 2.20. The van der Waals surface area contributed by atoms with Gasteiger partial charge in [0.2, 0.25) is 0 Å². The molecule has 0 amide bonds. The zero-order valence-corrected chi connectivity index (χ0v) is 11.5. The number of ether oxygens (including phenoxy) is 1. The van der Waals surface area contributed by atoms with Crippen LogP contribution in [0.15, 0.2) is 24.3 Å². The number of nitrogens with one attached hydrogen (secondary N) is 1. The minimum absolute atomic E-state index is 0.365. The lowest BCUT2D eigenvalue weighted by molar-refractivity contribution is 0.289. The van der Waals surface area contributed by atoms with Gasteiger partial charge in [-0.2, -0.15) is 0 Å². The number of likely N-dealkylation sites (N-methyl/N-ethyl adjacent to an activating group) is 1. The Bertz CT molecular complexity index is 361. The Kier molecular flexibility index (Phi) is 5.02. The third-order valence-electron chi connectivity index (χ3n) is 3.60. The first kappa shape index (κ1) is 13.4. The van der Waals surface area contributed by atoms with E-state index in [1.165, 1.54) is 31.5 Å². The summed E-state index contributed by atoms with van der Waals surface area (Å²) in [7, 11) is 1.75. The average Bonchev–Trinajstić information content (AvgIpc) is 2.91. The van der Waals surface area contributed by atoms with Gasteiger partial charge in [-0.05, 0) is 38.5 Å². The Balaban J connectivity index is 2.11. The first-order chi connectivity index (χ1) is 8.85. The molecule has 18 heavy (non-hydrogen) atoms. The summed E-state index contributed by atoms with van der Waals surface area (Å²) in [5, 5.41) is 3.58. The predicted octanol–water partition coefficient (Wildman–Crippen LogP) is 2.44. The van der Waals surface area contributed by atoms with E-state index in [2.05, 4.69) is 29.3 Å². The van der Waals surface area contributed by atoms with Crippen LogP contribution in [0.3, 0.4) is 0 Å². The van der Waals surface area contributed by atoms with Crippen LogP contribution in [-0.2, 0) is 0 Å². The molecule has 1 N–H and O–H groups in total. The maximum atomic E-state index is 5.48. The van der Waals surface area contributed by atoms with Gasteiger partial charge in [-0.3, -0.25) is 0 Å². The smallest absolute Gasteiger partial charge is 0.123 e. The maximum Gasteiger partial charge on any atom is 0.123 e. The topological polar surface area (TPSA) is 24.5 Å². The van der Waals surface area contributed by atoms with Crippen LogP contribution in [0, 0.1) is 0 Å². The van der Waals surface area contributed by atoms with E-state index in [1.807, 2.05) is 12.1 Å². The summed E-state index contributed by atoms with van der Waals surface area (Å²) in [5.41, 5.74) is 1.27. The molecule has 0 spiro atoms. The number of hydrogen-bond donors (Lipinski definition) is 1. The third kappa shape index (κ3) is 3.24. The zero-order chi connectivity index (χ0) is 12.8. The third-order valence-corrected chi connectivity index (χ3v) is 3.60. The molecular weight excluding hydrogens is 224 g/mol. The highest BCUT2D eigenvalue weighted by molar-refractivity contribution is 5.36. The molecule has 2 rings (SSSR count). The van der Waals surface area contributed by atoms with Crippen molar-refractivity contribution in [3.05, 3.63) is 29.8 Å². The van der Waals surface area contributed by atoms with Crippen molar-refractivity contribution in [1.82, 2.24) is 10.2 Å². The normalized spacial score (nSPS) is 17.9. The Hall–Kier alpha value is -1.06. The van der Waals surface area contributed by atoms with Crippen LogP contribution in [0.25, 0.3) is 0 Å². The molecule has 1 aromatic carbocycles. The van der Waals surface area contributed by atoms with Crippen LogP contribution in [0.5, 0.6) is 5.75 Å². The summed E-state index contributed by atoms with van der Waals surface area (Å²) in [5.74, 6) is 0.989. The second-order valence-electron chi connectivity index (χ2n) is 4.86. The van der Waals surface area contributed by atoms with Crippen LogP contribution in [0.2, 0.25) is 0 Å². The number of nitrogens with zero attached hydrogens (tertiary/aromatic N) is 1. The Labute approximate surface area is 110 Å². The van der Waals surface area contributed by atoms with E-state index in [-0.39, 0.29) is 0 Å². The van der Waals surface area contributed by atoms with E-state index in [0.29, 0.717) is 6.04 Å². The summed E-state index contributed by atoms with van der Waals surface area (Å²) in [6.07, 6.45) is 2.68. The van der Waals surface area contributed by atoms with Crippen molar-refractivity contribution >= 4 is 0 Å². The molecule has 1 aromatic rings. The lowest BCUT2D eigenvalue weighted by atomic mass is 10.0. The summed E-state index contributed by atoms with van der Waals surface area (Å²) in [4.78, 5) is 2.54. The molecule has 100 valence electrons. The Morgan fingerprint density at radius 3 is 2.67 bits per heavy atom. The highest BCUT2D eigenvalue weighted by atomic mass is 16.5. The van der Waals surface area contributed by atoms with E-state index in [9.17, 15) is 0 Å². The fraction of sp³-hybridized carbons (Fsp3) is 0.600. The van der Waals surface area contributed by atoms with Crippen molar-refractivity contribution < 1.29 is 4.74 Å². The standard InChI is InChI=1S/C15H24N2O/c1-3-16-14(12-17-10-6-7-11-17)13-8-4-5-9-15(13)18-2/h4-5,8-9,14,16H,3,6-7,10-12H2,1-2H3. The molecule has 3 heteroatoms. The minimum Gasteiger partial charge on any atom is -0.496 e. The number of para-hydroxylation sites is 1. The van der Waals surface area contributed by atoms with Crippen molar-refractivity contribution in [1.29, 1.82) is 0 Å². The fourth-order valence-electron chi connectivity index (χ4n) is 2.70. The van der Waals surface area contributed by atoms with Crippen molar-refractivity contribution in [2.45, 2.75) is 25.8 Å². The molecule has 0 bridgehead atoms. The molecule has 0 radical (unpaired) electrons. The zero-order valence-electron chi connectivity index (χ0n) is 11.5. The minimum atomic E-state index is 0.365. The molecule has 1 aliphatic heterocycles. The lowest BCUT2D eigenvalue weighted by Crippen LogP contribution is -2.33. The van der Waals surface area contributed by atoms with Crippen LogP contribution in [0.1, 0.15) is 31.4 Å². The number of rotatable bonds is 6. The van der Waals surface area contributed by atoms with Crippen molar-refractivity contribution in [3.63, 3.8) is 0 Å². The number of likely N-dealkylation sites (tertiary alicyclic amines) is 1. The van der Waals surface area contributed by atoms with Gasteiger partial charge in [0, 0.05) is 18.2 Å². The van der Waals surface area contributed by atoms with E-state index in [0.717, 1.165) is 18.8 Å². The van der Waals surface area contributed by atoms with Gasteiger partial charge in [-0.25, -0.2) is 0 Å². The molecule has 0 saturated carbocycles. The first-order valence-corrected chi connectivity index (χ1v) is 6.93. The van der Waals surface area contributed by atoms with Gasteiger partial charge in [0.05, 0.1) is 7.11 Å². The van der Waals surface area contributed by atoms with Crippen LogP contribution in [-0.4, -0.2) is 38.2 Å². The van der Waals surface area contributed by atoms with Crippen molar-refractivity contribution in [3.8, 4) is 5.75 Å². The number of methoxy groups -OCH3 is 1. The molecule has 3 nitrogen and oxygen atoms in total. The van der Waals surface area contributed by atoms with E-state index in [1.54, 1.807) is 7.11 Å². The molecule has 1 fully saturated rings. The monoisotopic (exact) mass is 248 g/mol. The predicted molar refractivity (Wildman–Crippen MR) is 75.1 cm³/mol. The van der Waals surface area contributed by atoms with E-state index < -0.39 is 0 Å². The second-order valence-corrected chi connectivity index (χ2v) is 4.86. The van der Waals surface area contributed by atoms with Crippen molar-refractivity contribution in [2.24, 2.45) is 0 Å². The average molecular weight is 248 g/mol. The van der Waals surface area contributed by atoms with Gasteiger partial charge in [-0.1, -0.05) is 25.1 Å². The molecular formula is C15H24N2O. The molecule has 1 heterocycles. The molecule has 1 saturated heterocycles. The van der Waals surface area contributed by atoms with Gasteiger partial charge in [0.15, 0.2) is 0 Å². The molecule has 1 aliphatic rings. The van der Waals surface area contributed by atoms with Crippen molar-refractivity contribution in [2.75, 3.05) is 33.3 Å². The Morgan fingerprint density at radius 1 is 1.28 bits per heavy atom. The lowest BCUT2D eigenvalue weighted by Gasteiger charge is -2.25. The fourth-order valence-corrected chi connectivity index (χ4v) is 2.70. The van der Waals surface area contributed by atoms with Gasteiger partial charge in [0.1, 0.15) is 5.75 Å². The van der Waals surface area contributed by atoms with Gasteiger partial charge in [-0.15, -0.1) is 0 Å². The summed E-state index contributed by atoms with van der Waals surface area (Å²) >= 11 is 0. The van der Waals surface area contributed by atoms with E-state index >= 15 is 0 Å². The van der Waals surface area contributed by atoms with Gasteiger partial charge >= 0.3 is 0 Å². The van der Waals surface area contributed by atoms with Gasteiger partial charge in [0.25, 0.3) is 0 Å². The van der Waals surface area contributed by atoms with Crippen LogP contribution >= 0.6 is 0 Å². The quantitative estimate of drug-likeness (QED) is 0.837. The first-order valence-electron chi connectivity index (χ1n) is 6.93. The highest BCUT2D eigenvalue weighted by Crippen LogP contribution is 2.26. The van der Waals surface area contributed by atoms with Crippen LogP contribution < -0.4 is 10.1 Å². The largest absolute Gasteiger partial charge is 0.496 e. The molecule has 1 unspecified atom stereocenters. The second kappa shape index (κ2) is 6.76. The van der Waals surface area contributed by atoms with E-state index in [4.69, 9.17) is 4.74 Å². The molecule has 0 aliphatic carbocycles.